The number of aromatic nitrogens is 2. The molecule has 3 N–H and O–H groups in total. The van der Waals surface area contributed by atoms with E-state index in [2.05, 4.69) is 20.5 Å². The van der Waals surface area contributed by atoms with Crippen molar-refractivity contribution in [2.24, 2.45) is 5.10 Å². The number of hydrazone groups is 1. The quantitative estimate of drug-likeness (QED) is 0.506. The van der Waals surface area contributed by atoms with Crippen LogP contribution in [-0.4, -0.2) is 27.2 Å². The summed E-state index contributed by atoms with van der Waals surface area (Å²) in [4.78, 5) is 19.0. The van der Waals surface area contributed by atoms with Crippen molar-refractivity contribution in [3.05, 3.63) is 59.9 Å². The van der Waals surface area contributed by atoms with Crippen LogP contribution in [0.25, 0.3) is 11.0 Å². The van der Waals surface area contributed by atoms with E-state index in [1.54, 1.807) is 48.8 Å². The highest BCUT2D eigenvalue weighted by Crippen LogP contribution is 2.11. The second kappa shape index (κ2) is 5.46. The van der Waals surface area contributed by atoms with Gasteiger partial charge in [-0.25, -0.2) is 10.4 Å². The number of imidazole rings is 1. The number of amides is 1. The SMILES string of the molecule is O=C(N/N=C/c1ccc(O)cc1)c1ccc2nc[nH]c2c1. The Hall–Kier alpha value is -3.15. The summed E-state index contributed by atoms with van der Waals surface area (Å²) in [6, 6.07) is 11.7. The van der Waals surface area contributed by atoms with Gasteiger partial charge in [0.2, 0.25) is 0 Å². The van der Waals surface area contributed by atoms with Gasteiger partial charge in [-0.05, 0) is 48.0 Å². The second-order valence-electron chi connectivity index (χ2n) is 4.43. The van der Waals surface area contributed by atoms with Gasteiger partial charge in [0.25, 0.3) is 5.91 Å². The number of aromatic amines is 1. The molecule has 0 aliphatic heterocycles. The van der Waals surface area contributed by atoms with Crippen LogP contribution >= 0.6 is 0 Å². The number of hydrogen-bond donors (Lipinski definition) is 3. The average molecular weight is 280 g/mol. The number of aromatic hydroxyl groups is 1. The maximum absolute atomic E-state index is 12.0. The third-order valence-corrected chi connectivity index (χ3v) is 2.96. The van der Waals surface area contributed by atoms with Crippen molar-refractivity contribution >= 4 is 23.2 Å². The molecule has 3 aromatic rings. The van der Waals surface area contributed by atoms with Gasteiger partial charge in [0.15, 0.2) is 0 Å². The van der Waals surface area contributed by atoms with E-state index in [9.17, 15) is 4.79 Å². The molecule has 0 saturated heterocycles. The molecule has 6 nitrogen and oxygen atoms in total. The standard InChI is InChI=1S/C15H12N4O2/c20-12-4-1-10(2-5-12)8-18-19-15(21)11-3-6-13-14(7-11)17-9-16-13/h1-9,20H,(H,16,17)(H,19,21)/b18-8+. The first-order valence-electron chi connectivity index (χ1n) is 6.28. The van der Waals surface area contributed by atoms with Crippen LogP contribution in [-0.2, 0) is 0 Å². The molecule has 104 valence electrons. The molecule has 0 aliphatic carbocycles. The number of carbonyl (C=O) groups excluding carboxylic acids is 1. The fourth-order valence-corrected chi connectivity index (χ4v) is 1.87. The van der Waals surface area contributed by atoms with Gasteiger partial charge in [-0.3, -0.25) is 4.79 Å². The summed E-state index contributed by atoms with van der Waals surface area (Å²) in [5.74, 6) is -0.120. The molecule has 0 atom stereocenters. The van der Waals surface area contributed by atoms with E-state index in [4.69, 9.17) is 5.11 Å². The molecular formula is C15H12N4O2. The lowest BCUT2D eigenvalue weighted by molar-refractivity contribution is 0.0955. The van der Waals surface area contributed by atoms with Crippen LogP contribution in [0.5, 0.6) is 5.75 Å². The number of nitrogens with zero attached hydrogens (tertiary/aromatic N) is 2. The number of rotatable bonds is 3. The van der Waals surface area contributed by atoms with Crippen molar-refractivity contribution in [1.29, 1.82) is 0 Å². The second-order valence-corrected chi connectivity index (χ2v) is 4.43. The molecule has 1 heterocycles. The minimum atomic E-state index is -0.304. The van der Waals surface area contributed by atoms with Crippen LogP contribution in [0.4, 0.5) is 0 Å². The van der Waals surface area contributed by atoms with Crippen molar-refractivity contribution in [2.75, 3.05) is 0 Å². The highest BCUT2D eigenvalue weighted by molar-refractivity contribution is 5.97. The first kappa shape index (κ1) is 12.9. The van der Waals surface area contributed by atoms with Crippen LogP contribution in [0.3, 0.4) is 0 Å². The molecular weight excluding hydrogens is 268 g/mol. The van der Waals surface area contributed by atoms with Crippen molar-refractivity contribution in [2.45, 2.75) is 0 Å². The van der Waals surface area contributed by atoms with Gasteiger partial charge < -0.3 is 10.1 Å². The number of benzene rings is 2. The summed E-state index contributed by atoms with van der Waals surface area (Å²) in [5.41, 5.74) is 5.32. The molecule has 0 bridgehead atoms. The van der Waals surface area contributed by atoms with E-state index in [1.165, 1.54) is 6.21 Å². The Kier molecular flexibility index (Phi) is 3.34. The Morgan fingerprint density at radius 2 is 2.05 bits per heavy atom. The lowest BCUT2D eigenvalue weighted by Crippen LogP contribution is -2.17. The fraction of sp³-hybridized carbons (Fsp3) is 0. The first-order chi connectivity index (χ1) is 10.2. The van der Waals surface area contributed by atoms with Crippen molar-refractivity contribution in [3.63, 3.8) is 0 Å². The predicted octanol–water partition coefficient (Wildman–Crippen LogP) is 2.03. The maximum Gasteiger partial charge on any atom is 0.271 e. The number of phenolic OH excluding ortho intramolecular Hbond substituents is 1. The van der Waals surface area contributed by atoms with Crippen molar-refractivity contribution in [1.82, 2.24) is 15.4 Å². The van der Waals surface area contributed by atoms with Crippen molar-refractivity contribution in [3.8, 4) is 5.75 Å². The molecule has 6 heteroatoms. The monoisotopic (exact) mass is 280 g/mol. The number of carbonyl (C=O) groups is 1. The Labute approximate surface area is 120 Å². The summed E-state index contributed by atoms with van der Waals surface area (Å²) in [6.45, 7) is 0. The van der Waals surface area contributed by atoms with E-state index in [1.807, 2.05) is 0 Å². The van der Waals surface area contributed by atoms with E-state index in [-0.39, 0.29) is 11.7 Å². The van der Waals surface area contributed by atoms with E-state index < -0.39 is 0 Å². The highest BCUT2D eigenvalue weighted by atomic mass is 16.3. The molecule has 3 rings (SSSR count). The molecule has 0 unspecified atom stereocenters. The largest absolute Gasteiger partial charge is 0.508 e. The third-order valence-electron chi connectivity index (χ3n) is 2.96. The van der Waals surface area contributed by atoms with Crippen molar-refractivity contribution < 1.29 is 9.90 Å². The van der Waals surface area contributed by atoms with Gasteiger partial charge in [0, 0.05) is 5.56 Å². The zero-order chi connectivity index (χ0) is 14.7. The van der Waals surface area contributed by atoms with Crippen LogP contribution < -0.4 is 5.43 Å². The Morgan fingerprint density at radius 1 is 1.24 bits per heavy atom. The van der Waals surface area contributed by atoms with Crippen LogP contribution in [0.1, 0.15) is 15.9 Å². The molecule has 1 aromatic heterocycles. The van der Waals surface area contributed by atoms with Crippen LogP contribution in [0.15, 0.2) is 53.9 Å². The van der Waals surface area contributed by atoms with Crippen LogP contribution in [0.2, 0.25) is 0 Å². The van der Waals surface area contributed by atoms with Gasteiger partial charge >= 0.3 is 0 Å². The van der Waals surface area contributed by atoms with Gasteiger partial charge in [-0.1, -0.05) is 0 Å². The smallest absolute Gasteiger partial charge is 0.271 e. The summed E-state index contributed by atoms with van der Waals surface area (Å²) < 4.78 is 0. The zero-order valence-corrected chi connectivity index (χ0v) is 10.9. The molecule has 0 saturated carbocycles. The van der Waals surface area contributed by atoms with Gasteiger partial charge in [0.1, 0.15) is 5.75 Å². The third kappa shape index (κ3) is 2.89. The first-order valence-corrected chi connectivity index (χ1v) is 6.28. The van der Waals surface area contributed by atoms with Gasteiger partial charge in [-0.15, -0.1) is 0 Å². The topological polar surface area (TPSA) is 90.4 Å². The number of H-pyrrole nitrogens is 1. The predicted molar refractivity (Wildman–Crippen MR) is 79.3 cm³/mol. The lowest BCUT2D eigenvalue weighted by Gasteiger charge is -2.00. The summed E-state index contributed by atoms with van der Waals surface area (Å²) in [7, 11) is 0. The van der Waals surface area contributed by atoms with E-state index >= 15 is 0 Å². The van der Waals surface area contributed by atoms with Crippen LogP contribution in [0, 0.1) is 0 Å². The van der Waals surface area contributed by atoms with E-state index in [0.717, 1.165) is 16.6 Å². The molecule has 0 fully saturated rings. The molecule has 2 aromatic carbocycles. The zero-order valence-electron chi connectivity index (χ0n) is 10.9. The lowest BCUT2D eigenvalue weighted by atomic mass is 10.2. The minimum Gasteiger partial charge on any atom is -0.508 e. The molecule has 0 spiro atoms. The summed E-state index contributed by atoms with van der Waals surface area (Å²) >= 11 is 0. The number of fused-ring (bicyclic) bond motifs is 1. The average Bonchev–Trinajstić information content (AvgIpc) is 2.96. The molecule has 0 aliphatic rings. The summed E-state index contributed by atoms with van der Waals surface area (Å²) in [5, 5.41) is 13.0. The minimum absolute atomic E-state index is 0.184. The maximum atomic E-state index is 12.0. The Balaban J connectivity index is 1.69. The Morgan fingerprint density at radius 3 is 2.86 bits per heavy atom. The normalized spacial score (nSPS) is 11.0. The molecule has 21 heavy (non-hydrogen) atoms. The van der Waals surface area contributed by atoms with Gasteiger partial charge in [0.05, 0.1) is 23.6 Å². The number of nitrogens with one attached hydrogen (secondary N) is 2. The van der Waals surface area contributed by atoms with Gasteiger partial charge in [-0.2, -0.15) is 5.10 Å². The summed E-state index contributed by atoms with van der Waals surface area (Å²) in [6.07, 6.45) is 3.08. The molecule has 1 amide bonds. The highest BCUT2D eigenvalue weighted by Gasteiger charge is 2.05. The van der Waals surface area contributed by atoms with E-state index in [0.29, 0.717) is 5.56 Å². The molecule has 0 radical (unpaired) electrons. The Bertz CT molecular complexity index is 806. The number of phenols is 1. The fourth-order valence-electron chi connectivity index (χ4n) is 1.87. The number of hydrogen-bond acceptors (Lipinski definition) is 4.